The number of hydrogen-bond donors (Lipinski definition) is 0. The van der Waals surface area contributed by atoms with E-state index in [1.165, 1.54) is 0 Å². The van der Waals surface area contributed by atoms with Crippen LogP contribution in [0.3, 0.4) is 0 Å². The van der Waals surface area contributed by atoms with Gasteiger partial charge in [0, 0.05) is 22.1 Å². The Morgan fingerprint density at radius 2 is 1.21 bits per heavy atom. The Bertz CT molecular complexity index is 1130. The average Bonchev–Trinajstić information content (AvgIpc) is 2.80. The van der Waals surface area contributed by atoms with E-state index in [0.29, 0.717) is 11.6 Å². The molecule has 1 unspecified atom stereocenters. The second-order valence-corrected chi connectivity index (χ2v) is 7.41. The van der Waals surface area contributed by atoms with E-state index in [9.17, 15) is 0 Å². The minimum Gasteiger partial charge on any atom is -0.212 e. The summed E-state index contributed by atoms with van der Waals surface area (Å²) in [7, 11) is 0. The van der Waals surface area contributed by atoms with Crippen molar-refractivity contribution in [3.8, 4) is 22.8 Å². The van der Waals surface area contributed by atoms with Crippen LogP contribution in [0.5, 0.6) is 0 Å². The van der Waals surface area contributed by atoms with Crippen molar-refractivity contribution in [3.05, 3.63) is 108 Å². The highest BCUT2D eigenvalue weighted by atomic mass is 35.5. The zero-order valence-electron chi connectivity index (χ0n) is 15.7. The van der Waals surface area contributed by atoms with Crippen LogP contribution >= 0.6 is 11.6 Å². The minimum absolute atomic E-state index is 0.0432. The first-order valence-corrected chi connectivity index (χ1v) is 9.99. The Balaban J connectivity index is 1.69. The van der Waals surface area contributed by atoms with Crippen molar-refractivity contribution in [1.29, 1.82) is 0 Å². The van der Waals surface area contributed by atoms with Crippen molar-refractivity contribution in [2.24, 2.45) is 0 Å². The van der Waals surface area contributed by atoms with Crippen molar-refractivity contribution in [1.82, 2.24) is 15.0 Å². The molecule has 1 aliphatic rings. The third-order valence-corrected chi connectivity index (χ3v) is 5.51. The number of aromatic nitrogens is 3. The van der Waals surface area contributed by atoms with Crippen LogP contribution in [0.1, 0.15) is 29.3 Å². The monoisotopic (exact) mass is 395 g/mol. The van der Waals surface area contributed by atoms with Crippen LogP contribution in [-0.2, 0) is 0 Å². The zero-order chi connectivity index (χ0) is 19.6. The molecule has 4 aromatic rings. The average molecular weight is 396 g/mol. The number of fused-ring (bicyclic) bond motifs is 1. The Labute approximate surface area is 174 Å². The Morgan fingerprint density at radius 1 is 0.655 bits per heavy atom. The molecule has 5 rings (SSSR count). The first-order valence-electron chi connectivity index (χ1n) is 9.61. The Hall–Kier alpha value is -3.30. The van der Waals surface area contributed by atoms with Gasteiger partial charge in [-0.25, -0.2) is 15.0 Å². The molecule has 0 N–H and O–H groups in total. The maximum absolute atomic E-state index is 6.46. The molecule has 0 fully saturated rings. The Morgan fingerprint density at radius 3 is 1.83 bits per heavy atom. The highest BCUT2D eigenvalue weighted by molar-refractivity contribution is 6.49. The standard InChI is InChI=1S/C25H18ClN3/c26-22-16-15-21(19-13-7-8-14-20(19)22)25-28-23(17-9-3-1-4-10-17)27-24(29-25)18-11-5-2-6-12-18/h1-14,16,21H,15H2. The minimum atomic E-state index is 0.0432. The van der Waals surface area contributed by atoms with Crippen LogP contribution in [0.4, 0.5) is 0 Å². The van der Waals surface area contributed by atoms with Gasteiger partial charge in [-0.15, -0.1) is 0 Å². The second kappa shape index (κ2) is 7.61. The number of allylic oxidation sites excluding steroid dienone is 1. The first-order chi connectivity index (χ1) is 14.3. The maximum Gasteiger partial charge on any atom is 0.163 e. The van der Waals surface area contributed by atoms with E-state index in [-0.39, 0.29) is 5.92 Å². The normalized spacial score (nSPS) is 15.5. The summed E-state index contributed by atoms with van der Waals surface area (Å²) < 4.78 is 0. The van der Waals surface area contributed by atoms with Gasteiger partial charge >= 0.3 is 0 Å². The molecule has 0 saturated heterocycles. The van der Waals surface area contributed by atoms with Gasteiger partial charge in [0.15, 0.2) is 11.6 Å². The molecule has 1 atom stereocenters. The van der Waals surface area contributed by atoms with E-state index in [2.05, 4.69) is 18.2 Å². The molecular formula is C25H18ClN3. The predicted octanol–water partition coefficient (Wildman–Crippen LogP) is 6.32. The van der Waals surface area contributed by atoms with Gasteiger partial charge in [-0.05, 0) is 17.5 Å². The van der Waals surface area contributed by atoms with Crippen molar-refractivity contribution in [2.75, 3.05) is 0 Å². The number of benzene rings is 3. The van der Waals surface area contributed by atoms with Crippen molar-refractivity contribution in [3.63, 3.8) is 0 Å². The van der Waals surface area contributed by atoms with Crippen molar-refractivity contribution in [2.45, 2.75) is 12.3 Å². The molecule has 0 amide bonds. The summed E-state index contributed by atoms with van der Waals surface area (Å²) in [4.78, 5) is 14.5. The molecule has 4 heteroatoms. The summed E-state index contributed by atoms with van der Waals surface area (Å²) in [5.74, 6) is 2.19. The lowest BCUT2D eigenvalue weighted by Crippen LogP contribution is -2.13. The molecule has 29 heavy (non-hydrogen) atoms. The molecule has 0 spiro atoms. The van der Waals surface area contributed by atoms with Crippen LogP contribution in [-0.4, -0.2) is 15.0 Å². The number of hydrogen-bond acceptors (Lipinski definition) is 3. The van der Waals surface area contributed by atoms with Crippen LogP contribution in [0.15, 0.2) is 91.0 Å². The first kappa shape index (κ1) is 17.8. The molecule has 0 radical (unpaired) electrons. The number of halogens is 1. The molecular weight excluding hydrogens is 378 g/mol. The number of nitrogens with zero attached hydrogens (tertiary/aromatic N) is 3. The molecule has 0 aliphatic heterocycles. The fraction of sp³-hybridized carbons (Fsp3) is 0.0800. The topological polar surface area (TPSA) is 38.7 Å². The van der Waals surface area contributed by atoms with Gasteiger partial charge in [0.1, 0.15) is 5.82 Å². The quantitative estimate of drug-likeness (QED) is 0.407. The highest BCUT2D eigenvalue weighted by Gasteiger charge is 2.25. The van der Waals surface area contributed by atoms with Gasteiger partial charge in [0.05, 0.1) is 0 Å². The summed E-state index contributed by atoms with van der Waals surface area (Å²) in [6.07, 6.45) is 2.82. The van der Waals surface area contributed by atoms with E-state index in [1.807, 2.05) is 72.8 Å². The lowest BCUT2D eigenvalue weighted by atomic mass is 9.86. The van der Waals surface area contributed by atoms with Crippen LogP contribution in [0, 0.1) is 0 Å². The smallest absolute Gasteiger partial charge is 0.163 e. The Kier molecular flexibility index (Phi) is 4.66. The summed E-state index contributed by atoms with van der Waals surface area (Å²) in [6.45, 7) is 0. The number of rotatable bonds is 3. The van der Waals surface area contributed by atoms with Crippen LogP contribution in [0.25, 0.3) is 27.8 Å². The SMILES string of the molecule is ClC1=CCC(c2nc(-c3ccccc3)nc(-c3ccccc3)n2)c2ccccc21. The molecule has 0 bridgehead atoms. The summed E-state index contributed by atoms with van der Waals surface area (Å²) >= 11 is 6.46. The lowest BCUT2D eigenvalue weighted by molar-refractivity contribution is 0.739. The van der Waals surface area contributed by atoms with Crippen molar-refractivity contribution < 1.29 is 0 Å². The third-order valence-electron chi connectivity index (χ3n) is 5.15. The second-order valence-electron chi connectivity index (χ2n) is 7.00. The van der Waals surface area contributed by atoms with Crippen LogP contribution in [0.2, 0.25) is 0 Å². The van der Waals surface area contributed by atoms with Gasteiger partial charge in [-0.2, -0.15) is 0 Å². The summed E-state index contributed by atoms with van der Waals surface area (Å²) in [6, 6.07) is 28.3. The summed E-state index contributed by atoms with van der Waals surface area (Å²) in [5, 5.41) is 0.789. The zero-order valence-corrected chi connectivity index (χ0v) is 16.4. The summed E-state index contributed by atoms with van der Waals surface area (Å²) in [5.41, 5.74) is 4.16. The van der Waals surface area contributed by atoms with Gasteiger partial charge in [0.25, 0.3) is 0 Å². The highest BCUT2D eigenvalue weighted by Crippen LogP contribution is 2.39. The van der Waals surface area contributed by atoms with Gasteiger partial charge < -0.3 is 0 Å². The molecule has 1 heterocycles. The molecule has 3 aromatic carbocycles. The third kappa shape index (κ3) is 3.45. The van der Waals surface area contributed by atoms with E-state index in [1.54, 1.807) is 0 Å². The maximum atomic E-state index is 6.46. The van der Waals surface area contributed by atoms with Gasteiger partial charge in [0.2, 0.25) is 0 Å². The molecule has 0 saturated carbocycles. The van der Waals surface area contributed by atoms with E-state index in [4.69, 9.17) is 26.6 Å². The van der Waals surface area contributed by atoms with Crippen molar-refractivity contribution >= 4 is 16.6 Å². The molecule has 1 aliphatic carbocycles. The fourth-order valence-electron chi connectivity index (χ4n) is 3.70. The fourth-order valence-corrected chi connectivity index (χ4v) is 3.96. The molecule has 3 nitrogen and oxygen atoms in total. The van der Waals surface area contributed by atoms with E-state index >= 15 is 0 Å². The molecule has 140 valence electrons. The molecule has 1 aromatic heterocycles. The van der Waals surface area contributed by atoms with Gasteiger partial charge in [-0.3, -0.25) is 0 Å². The van der Waals surface area contributed by atoms with E-state index in [0.717, 1.165) is 39.5 Å². The van der Waals surface area contributed by atoms with E-state index < -0.39 is 0 Å². The lowest BCUT2D eigenvalue weighted by Gasteiger charge is -2.23. The van der Waals surface area contributed by atoms with Crippen LogP contribution < -0.4 is 0 Å². The van der Waals surface area contributed by atoms with Gasteiger partial charge in [-0.1, -0.05) is 103 Å². The largest absolute Gasteiger partial charge is 0.212 e. The predicted molar refractivity (Wildman–Crippen MR) is 117 cm³/mol.